The molecule has 0 aliphatic rings. The van der Waals surface area contributed by atoms with Crippen molar-refractivity contribution in [2.24, 2.45) is 4.63 Å². The Balaban J connectivity index is 4.28. The van der Waals surface area contributed by atoms with Crippen molar-refractivity contribution in [3.63, 3.8) is 0 Å². The van der Waals surface area contributed by atoms with Gasteiger partial charge in [-0.05, 0) is 40.3 Å². The van der Waals surface area contributed by atoms with Crippen molar-refractivity contribution in [1.82, 2.24) is 0 Å². The highest BCUT2D eigenvalue weighted by Crippen LogP contribution is 2.18. The van der Waals surface area contributed by atoms with E-state index in [9.17, 15) is 0 Å². The molecule has 0 saturated heterocycles. The van der Waals surface area contributed by atoms with Crippen molar-refractivity contribution in [2.45, 2.75) is 46.3 Å². The minimum absolute atomic E-state index is 0.470. The maximum Gasteiger partial charge on any atom is 0.500 e. The molecule has 0 fully saturated rings. The topological polar surface area (TPSA) is 40.0 Å². The lowest BCUT2D eigenvalue weighted by Gasteiger charge is -2.28. The van der Waals surface area contributed by atoms with Crippen LogP contribution in [0.2, 0.25) is 19.1 Å². The Hall–Kier alpha value is 0.114. The van der Waals surface area contributed by atoms with Crippen LogP contribution in [0.5, 0.6) is 0 Å². The molecule has 0 aromatic carbocycles. The molecule has 0 aliphatic heterocycles. The van der Waals surface area contributed by atoms with Crippen LogP contribution in [-0.2, 0) is 13.3 Å². The van der Waals surface area contributed by atoms with Gasteiger partial charge in [0, 0.05) is 32.4 Å². The van der Waals surface area contributed by atoms with E-state index >= 15 is 0 Å². The highest BCUT2D eigenvalue weighted by Gasteiger charge is 2.39. The summed E-state index contributed by atoms with van der Waals surface area (Å²) in [6.45, 7) is 13.2. The summed E-state index contributed by atoms with van der Waals surface area (Å²) in [5, 5.41) is 0. The molecule has 0 rings (SSSR count). The summed E-state index contributed by atoms with van der Waals surface area (Å²) < 4.78 is 21.9. The summed E-state index contributed by atoms with van der Waals surface area (Å²) in [4.78, 5) is 0. The molecule has 0 aliphatic carbocycles. The Bertz CT molecular complexity index is 204. The molecule has 0 amide bonds. The van der Waals surface area contributed by atoms with Crippen LogP contribution in [0.15, 0.2) is 4.63 Å². The van der Waals surface area contributed by atoms with Gasteiger partial charge >= 0.3 is 8.80 Å². The second-order valence-electron chi connectivity index (χ2n) is 3.91. The van der Waals surface area contributed by atoms with E-state index < -0.39 is 17.4 Å². The van der Waals surface area contributed by atoms with E-state index in [-0.39, 0.29) is 0 Å². The van der Waals surface area contributed by atoms with Crippen LogP contribution < -0.4 is 0 Å². The summed E-state index contributed by atoms with van der Waals surface area (Å²) in [5.41, 5.74) is 0. The van der Waals surface area contributed by atoms with Gasteiger partial charge in [0.1, 0.15) is 8.59 Å². The molecule has 0 radical (unpaired) electrons. The maximum absolute atomic E-state index is 5.78. The smallest absolute Gasteiger partial charge is 0.374 e. The van der Waals surface area contributed by atoms with Crippen molar-refractivity contribution in [3.05, 3.63) is 0 Å². The summed E-state index contributed by atoms with van der Waals surface area (Å²) in [6, 6.07) is 0.876. The quantitative estimate of drug-likeness (QED) is 0.455. The van der Waals surface area contributed by atoms with Crippen molar-refractivity contribution in [2.75, 3.05) is 26.4 Å². The highest BCUT2D eigenvalue weighted by molar-refractivity contribution is 6.60. The van der Waals surface area contributed by atoms with Crippen LogP contribution in [0.1, 0.15) is 27.2 Å². The third-order valence-electron chi connectivity index (χ3n) is 2.16. The Morgan fingerprint density at radius 2 is 1.41 bits per heavy atom. The fourth-order valence-electron chi connectivity index (χ4n) is 1.60. The molecule has 0 spiro atoms. The highest BCUT2D eigenvalue weighted by atomic mass is 28.4. The summed E-state index contributed by atoms with van der Waals surface area (Å²) >= 11 is 0. The van der Waals surface area contributed by atoms with Gasteiger partial charge in [0.2, 0.25) is 0 Å². The Labute approximate surface area is 108 Å². The molecule has 0 unspecified atom stereocenters. The maximum atomic E-state index is 5.78. The van der Waals surface area contributed by atoms with Gasteiger partial charge in [0.25, 0.3) is 0 Å². The van der Waals surface area contributed by atoms with Crippen LogP contribution in [0.4, 0.5) is 0 Å². The zero-order valence-electron chi connectivity index (χ0n) is 11.9. The normalized spacial score (nSPS) is 11.6. The molecule has 17 heavy (non-hydrogen) atoms. The van der Waals surface area contributed by atoms with Crippen molar-refractivity contribution < 1.29 is 13.3 Å². The van der Waals surface area contributed by atoms with Crippen molar-refractivity contribution in [3.8, 4) is 0 Å². The molecule has 0 atom stereocenters. The van der Waals surface area contributed by atoms with Gasteiger partial charge in [-0.25, -0.2) is 0 Å². The van der Waals surface area contributed by atoms with E-state index in [1.165, 1.54) is 0 Å². The SMILES string of the molecule is CCO[Si](CCCN=[Si](C)C)(OCC)OCC. The van der Waals surface area contributed by atoms with E-state index in [2.05, 4.69) is 17.7 Å². The van der Waals surface area contributed by atoms with Crippen LogP contribution in [-0.4, -0.2) is 43.8 Å². The summed E-state index contributed by atoms with van der Waals surface area (Å²) in [7, 11) is -2.89. The predicted octanol–water partition coefficient (Wildman–Crippen LogP) is 2.94. The summed E-state index contributed by atoms with van der Waals surface area (Å²) in [5.74, 6) is 0. The average Bonchev–Trinajstić information content (AvgIpc) is 2.25. The van der Waals surface area contributed by atoms with Crippen LogP contribution in [0.3, 0.4) is 0 Å². The number of hydrogen-bond acceptors (Lipinski definition) is 4. The molecule has 6 heteroatoms. The molecule has 0 bridgehead atoms. The van der Waals surface area contributed by atoms with E-state index in [4.69, 9.17) is 13.3 Å². The van der Waals surface area contributed by atoms with Gasteiger partial charge in [0.15, 0.2) is 0 Å². The molecule has 0 aromatic heterocycles. The third-order valence-corrected chi connectivity index (χ3v) is 6.17. The van der Waals surface area contributed by atoms with E-state index in [1.54, 1.807) is 0 Å². The minimum atomic E-state index is -2.42. The number of hydrogen-bond donors (Lipinski definition) is 0. The first-order valence-electron chi connectivity index (χ1n) is 6.49. The van der Waals surface area contributed by atoms with Crippen molar-refractivity contribution in [1.29, 1.82) is 0 Å². The first-order chi connectivity index (χ1) is 8.10. The second kappa shape index (κ2) is 10.1. The predicted molar refractivity (Wildman–Crippen MR) is 74.8 cm³/mol. The largest absolute Gasteiger partial charge is 0.500 e. The zero-order valence-corrected chi connectivity index (χ0v) is 13.9. The number of nitrogens with zero attached hydrogens (tertiary/aromatic N) is 1. The Morgan fingerprint density at radius 3 is 1.76 bits per heavy atom. The number of rotatable bonds is 10. The average molecular weight is 278 g/mol. The lowest BCUT2D eigenvalue weighted by molar-refractivity contribution is 0.0710. The van der Waals surface area contributed by atoms with E-state index in [0.29, 0.717) is 19.8 Å². The molecule has 102 valence electrons. The molecule has 0 heterocycles. The summed E-state index contributed by atoms with van der Waals surface area (Å²) in [6.07, 6.45) is 1.00. The van der Waals surface area contributed by atoms with Crippen LogP contribution >= 0.6 is 0 Å². The first kappa shape index (κ1) is 17.1. The molecule has 0 aromatic rings. The van der Waals surface area contributed by atoms with Gasteiger partial charge in [-0.15, -0.1) is 0 Å². The lowest BCUT2D eigenvalue weighted by Crippen LogP contribution is -2.46. The molecule has 4 nitrogen and oxygen atoms in total. The molecule has 0 saturated carbocycles. The van der Waals surface area contributed by atoms with Gasteiger partial charge < -0.3 is 17.9 Å². The molecular formula is C11H27NO3Si2. The standard InChI is InChI=1S/C11H27NO3Si2/c1-6-13-17(14-7-2,15-8-3)11-9-10-12-16(4)5/h6-11H2,1-5H3. The fourth-order valence-corrected chi connectivity index (χ4v) is 4.80. The lowest BCUT2D eigenvalue weighted by atomic mass is 10.5. The van der Waals surface area contributed by atoms with E-state index in [1.807, 2.05) is 20.8 Å². The monoisotopic (exact) mass is 277 g/mol. The van der Waals surface area contributed by atoms with Gasteiger partial charge in [-0.3, -0.25) is 0 Å². The van der Waals surface area contributed by atoms with Crippen LogP contribution in [0, 0.1) is 0 Å². The van der Waals surface area contributed by atoms with Gasteiger partial charge in [-0.2, -0.15) is 0 Å². The molecular weight excluding hydrogens is 250 g/mol. The second-order valence-corrected chi connectivity index (χ2v) is 8.86. The minimum Gasteiger partial charge on any atom is -0.374 e. The third kappa shape index (κ3) is 7.93. The first-order valence-corrected chi connectivity index (χ1v) is 10.9. The van der Waals surface area contributed by atoms with E-state index in [0.717, 1.165) is 19.0 Å². The Morgan fingerprint density at radius 1 is 0.941 bits per heavy atom. The zero-order chi connectivity index (χ0) is 13.1. The van der Waals surface area contributed by atoms with Gasteiger partial charge in [-0.1, -0.05) is 0 Å². The van der Waals surface area contributed by atoms with Gasteiger partial charge in [0.05, 0.1) is 0 Å². The molecule has 0 N–H and O–H groups in total. The van der Waals surface area contributed by atoms with Crippen LogP contribution in [0.25, 0.3) is 0 Å². The fraction of sp³-hybridized carbons (Fsp3) is 1.00. The van der Waals surface area contributed by atoms with Crippen molar-refractivity contribution >= 4 is 17.4 Å². The Kier molecular flexibility index (Phi) is 10.1.